The number of aromatic carboxylic acids is 1. The van der Waals surface area contributed by atoms with Gasteiger partial charge in [-0.3, -0.25) is 4.68 Å². The van der Waals surface area contributed by atoms with Crippen LogP contribution in [0, 0.1) is 6.92 Å². The van der Waals surface area contributed by atoms with Crippen LogP contribution in [0.15, 0.2) is 24.8 Å². The third-order valence-electron chi connectivity index (χ3n) is 3.47. The Bertz CT molecular complexity index is 655. The summed E-state index contributed by atoms with van der Waals surface area (Å²) in [6.45, 7) is 4.63. The largest absolute Gasteiger partial charge is 0.476 e. The maximum atomic E-state index is 10.8. The molecule has 116 valence electrons. The van der Waals surface area contributed by atoms with Crippen LogP contribution in [0.25, 0.3) is 0 Å². The minimum atomic E-state index is -1.08. The summed E-state index contributed by atoms with van der Waals surface area (Å²) < 4.78 is 7.62. The molecular formula is C14H17N5O3. The van der Waals surface area contributed by atoms with Gasteiger partial charge in [-0.2, -0.15) is 5.10 Å². The molecule has 0 bridgehead atoms. The first kappa shape index (κ1) is 14.5. The van der Waals surface area contributed by atoms with Gasteiger partial charge < -0.3 is 14.7 Å². The van der Waals surface area contributed by atoms with E-state index in [-0.39, 0.29) is 11.8 Å². The highest BCUT2D eigenvalue weighted by molar-refractivity contribution is 5.84. The summed E-state index contributed by atoms with van der Waals surface area (Å²) in [6, 6.07) is 0. The van der Waals surface area contributed by atoms with E-state index in [4.69, 9.17) is 9.84 Å². The van der Waals surface area contributed by atoms with E-state index >= 15 is 0 Å². The summed E-state index contributed by atoms with van der Waals surface area (Å²) in [5, 5.41) is 13.1. The van der Waals surface area contributed by atoms with Crippen molar-refractivity contribution in [2.75, 3.05) is 24.6 Å². The average molecular weight is 303 g/mol. The van der Waals surface area contributed by atoms with Crippen LogP contribution in [0.2, 0.25) is 0 Å². The first-order valence-electron chi connectivity index (χ1n) is 7.03. The molecular weight excluding hydrogens is 286 g/mol. The van der Waals surface area contributed by atoms with Crippen molar-refractivity contribution in [3.8, 4) is 0 Å². The Kier molecular flexibility index (Phi) is 4.01. The van der Waals surface area contributed by atoms with Gasteiger partial charge in [0.1, 0.15) is 5.82 Å². The van der Waals surface area contributed by atoms with Gasteiger partial charge in [-0.1, -0.05) is 0 Å². The second-order valence-corrected chi connectivity index (χ2v) is 5.24. The maximum Gasteiger partial charge on any atom is 0.356 e. The number of aromatic nitrogens is 4. The third-order valence-corrected chi connectivity index (χ3v) is 3.47. The van der Waals surface area contributed by atoms with Gasteiger partial charge >= 0.3 is 5.97 Å². The summed E-state index contributed by atoms with van der Waals surface area (Å²) >= 11 is 0. The van der Waals surface area contributed by atoms with Gasteiger partial charge in [-0.25, -0.2) is 14.8 Å². The lowest BCUT2D eigenvalue weighted by Crippen LogP contribution is -2.44. The molecule has 2 aromatic heterocycles. The van der Waals surface area contributed by atoms with Crippen molar-refractivity contribution >= 4 is 11.8 Å². The molecule has 0 radical (unpaired) electrons. The molecule has 0 amide bonds. The lowest BCUT2D eigenvalue weighted by molar-refractivity contribution is 0.0271. The van der Waals surface area contributed by atoms with Crippen LogP contribution in [0.4, 0.5) is 5.82 Å². The molecule has 3 rings (SSSR count). The van der Waals surface area contributed by atoms with Crippen molar-refractivity contribution in [3.05, 3.63) is 36.0 Å². The lowest BCUT2D eigenvalue weighted by Gasteiger charge is -2.33. The van der Waals surface area contributed by atoms with Gasteiger partial charge in [-0.15, -0.1) is 0 Å². The van der Waals surface area contributed by atoms with Crippen LogP contribution in [0.1, 0.15) is 16.1 Å². The van der Waals surface area contributed by atoms with E-state index in [0.29, 0.717) is 32.1 Å². The summed E-state index contributed by atoms with van der Waals surface area (Å²) in [7, 11) is 0. The number of morpholine rings is 1. The molecule has 1 unspecified atom stereocenters. The second-order valence-electron chi connectivity index (χ2n) is 5.24. The second kappa shape index (κ2) is 6.10. The third kappa shape index (κ3) is 3.22. The monoisotopic (exact) mass is 303 g/mol. The molecule has 1 aliphatic heterocycles. The summed E-state index contributed by atoms with van der Waals surface area (Å²) in [4.78, 5) is 20.9. The molecule has 8 heteroatoms. The number of carboxylic acid groups (broad SMARTS) is 1. The first-order valence-corrected chi connectivity index (χ1v) is 7.03. The van der Waals surface area contributed by atoms with Crippen molar-refractivity contribution in [1.29, 1.82) is 0 Å². The van der Waals surface area contributed by atoms with E-state index in [9.17, 15) is 4.79 Å². The van der Waals surface area contributed by atoms with Crippen molar-refractivity contribution in [1.82, 2.24) is 19.7 Å². The number of carbonyl (C=O) groups is 1. The van der Waals surface area contributed by atoms with Gasteiger partial charge in [0.15, 0.2) is 5.69 Å². The van der Waals surface area contributed by atoms with E-state index < -0.39 is 5.97 Å². The van der Waals surface area contributed by atoms with Crippen LogP contribution in [-0.4, -0.2) is 56.6 Å². The Labute approximate surface area is 127 Å². The fourth-order valence-corrected chi connectivity index (χ4v) is 2.41. The Morgan fingerprint density at radius 2 is 2.27 bits per heavy atom. The molecule has 2 aromatic rings. The Morgan fingerprint density at radius 3 is 2.91 bits per heavy atom. The van der Waals surface area contributed by atoms with Crippen molar-refractivity contribution in [3.63, 3.8) is 0 Å². The number of rotatable bonds is 4. The molecule has 1 atom stereocenters. The van der Waals surface area contributed by atoms with E-state index in [1.165, 1.54) is 12.4 Å². The van der Waals surface area contributed by atoms with Crippen LogP contribution in [0.5, 0.6) is 0 Å². The highest BCUT2D eigenvalue weighted by atomic mass is 16.5. The van der Waals surface area contributed by atoms with E-state index in [1.54, 1.807) is 0 Å². The Morgan fingerprint density at radius 1 is 1.41 bits per heavy atom. The highest BCUT2D eigenvalue weighted by Crippen LogP contribution is 2.15. The fraction of sp³-hybridized carbons (Fsp3) is 0.429. The maximum absolute atomic E-state index is 10.8. The molecule has 1 fully saturated rings. The number of aryl methyl sites for hydroxylation is 1. The van der Waals surface area contributed by atoms with Crippen LogP contribution < -0.4 is 4.90 Å². The average Bonchev–Trinajstić information content (AvgIpc) is 2.93. The van der Waals surface area contributed by atoms with Gasteiger partial charge in [0.05, 0.1) is 37.8 Å². The zero-order chi connectivity index (χ0) is 15.5. The lowest BCUT2D eigenvalue weighted by atomic mass is 10.2. The summed E-state index contributed by atoms with van der Waals surface area (Å²) in [5.74, 6) is -0.414. The van der Waals surface area contributed by atoms with E-state index in [2.05, 4.69) is 15.1 Å². The quantitative estimate of drug-likeness (QED) is 0.883. The molecule has 3 heterocycles. The van der Waals surface area contributed by atoms with Gasteiger partial charge in [-0.05, 0) is 12.5 Å². The van der Waals surface area contributed by atoms with Crippen molar-refractivity contribution in [2.45, 2.75) is 19.6 Å². The number of hydrogen-bond donors (Lipinski definition) is 1. The first-order chi connectivity index (χ1) is 10.6. The molecule has 0 aromatic carbocycles. The normalized spacial score (nSPS) is 18.4. The molecule has 1 N–H and O–H groups in total. The molecule has 0 spiro atoms. The zero-order valence-corrected chi connectivity index (χ0v) is 12.2. The Hall–Kier alpha value is -2.48. The SMILES string of the molecule is Cc1cnn(CC2CN(c3cnc(C(=O)O)cn3)CCO2)c1. The minimum Gasteiger partial charge on any atom is -0.476 e. The number of nitrogens with zero attached hydrogens (tertiary/aromatic N) is 5. The standard InChI is InChI=1S/C14H17N5O3/c1-10-4-17-19(7-10)9-11-8-18(2-3-22-11)13-6-15-12(5-16-13)14(20)21/h4-7,11H,2-3,8-9H2,1H3,(H,20,21). The smallest absolute Gasteiger partial charge is 0.356 e. The minimum absolute atomic E-state index is 0.00833. The number of ether oxygens (including phenoxy) is 1. The molecule has 1 aliphatic rings. The van der Waals surface area contributed by atoms with E-state index in [0.717, 1.165) is 5.56 Å². The van der Waals surface area contributed by atoms with Crippen LogP contribution in [-0.2, 0) is 11.3 Å². The van der Waals surface area contributed by atoms with E-state index in [1.807, 2.05) is 28.9 Å². The van der Waals surface area contributed by atoms with Crippen molar-refractivity contribution in [2.24, 2.45) is 0 Å². The number of anilines is 1. The zero-order valence-electron chi connectivity index (χ0n) is 12.2. The fourth-order valence-electron chi connectivity index (χ4n) is 2.41. The van der Waals surface area contributed by atoms with Gasteiger partial charge in [0.25, 0.3) is 0 Å². The number of carboxylic acids is 1. The van der Waals surface area contributed by atoms with Crippen LogP contribution in [0.3, 0.4) is 0 Å². The molecule has 0 saturated carbocycles. The molecule has 22 heavy (non-hydrogen) atoms. The topological polar surface area (TPSA) is 93.4 Å². The van der Waals surface area contributed by atoms with Crippen LogP contribution >= 0.6 is 0 Å². The predicted molar refractivity (Wildman–Crippen MR) is 77.9 cm³/mol. The highest BCUT2D eigenvalue weighted by Gasteiger charge is 2.22. The predicted octanol–water partition coefficient (Wildman–Crippen LogP) is 0.585. The molecule has 0 aliphatic carbocycles. The molecule has 1 saturated heterocycles. The van der Waals surface area contributed by atoms with Gasteiger partial charge in [0, 0.05) is 19.3 Å². The summed E-state index contributed by atoms with van der Waals surface area (Å²) in [6.07, 6.45) is 6.57. The van der Waals surface area contributed by atoms with Crippen molar-refractivity contribution < 1.29 is 14.6 Å². The summed E-state index contributed by atoms with van der Waals surface area (Å²) in [5.41, 5.74) is 1.06. The number of hydrogen-bond acceptors (Lipinski definition) is 6. The molecule has 8 nitrogen and oxygen atoms in total. The Balaban J connectivity index is 1.66. The van der Waals surface area contributed by atoms with Gasteiger partial charge in [0.2, 0.25) is 0 Å².